The lowest BCUT2D eigenvalue weighted by atomic mass is 10.1. The Morgan fingerprint density at radius 3 is 1.80 bits per heavy atom. The van der Waals surface area contributed by atoms with E-state index in [-0.39, 0.29) is 11.6 Å². The van der Waals surface area contributed by atoms with Gasteiger partial charge in [-0.05, 0) is 46.7 Å². The normalized spacial score (nSPS) is 13.8. The van der Waals surface area contributed by atoms with E-state index in [4.69, 9.17) is 8.61 Å². The predicted octanol–water partition coefficient (Wildman–Crippen LogP) is 5.99. The van der Waals surface area contributed by atoms with E-state index in [1.807, 2.05) is 6.92 Å². The van der Waals surface area contributed by atoms with Crippen LogP contribution in [0.15, 0.2) is 84.0 Å². The van der Waals surface area contributed by atoms with Crippen molar-refractivity contribution in [3.8, 4) is 0 Å². The number of hydrogen-bond donors (Lipinski definition) is 0. The number of allylic oxidation sites excluding steroid dienone is 2. The summed E-state index contributed by atoms with van der Waals surface area (Å²) in [5.74, 6) is 0. The maximum Gasteiger partial charge on any atom is 0.264 e. The van der Waals surface area contributed by atoms with Crippen molar-refractivity contribution >= 4 is 28.8 Å². The highest BCUT2D eigenvalue weighted by molar-refractivity contribution is 7.86. The summed E-state index contributed by atoms with van der Waals surface area (Å²) in [7, 11) is -5.97. The lowest BCUT2D eigenvalue weighted by Crippen LogP contribution is -2.66. The minimum atomic E-state index is -3.42. The second kappa shape index (κ2) is 13.4. The largest absolute Gasteiger partial charge is 0.404 e. The summed E-state index contributed by atoms with van der Waals surface area (Å²) in [6.45, 7) is 11.8. The quantitative estimate of drug-likeness (QED) is 0.187. The third-order valence-corrected chi connectivity index (χ3v) is 11.9. The van der Waals surface area contributed by atoms with E-state index in [1.165, 1.54) is 15.9 Å². The molecule has 0 heterocycles. The summed E-state index contributed by atoms with van der Waals surface area (Å²) in [4.78, 5) is 0. The number of hydrogen-bond acceptors (Lipinski definition) is 4. The van der Waals surface area contributed by atoms with Gasteiger partial charge < -0.3 is 4.43 Å². The van der Waals surface area contributed by atoms with Crippen LogP contribution < -0.4 is 10.4 Å². The summed E-state index contributed by atoms with van der Waals surface area (Å²) < 4.78 is 34.5. The standard InChI is InChI=1S/C29H42O4SSi/c1-7-25(16-15-17-26(8-2)24-32-34(6,30)31)22-23-33-35(29(3,4)5,27-18-11-9-12-19-27)28-20-13-10-14-21-28/h9-14,17-22H,7-8,15-16,23-24H2,1-6H3/b25-22+,26-17+. The molecule has 192 valence electrons. The van der Waals surface area contributed by atoms with E-state index in [0.29, 0.717) is 6.61 Å². The van der Waals surface area contributed by atoms with Gasteiger partial charge in [-0.3, -0.25) is 4.18 Å². The van der Waals surface area contributed by atoms with Gasteiger partial charge in [-0.1, -0.05) is 113 Å². The molecule has 0 N–H and O–H groups in total. The summed E-state index contributed by atoms with van der Waals surface area (Å²) in [6, 6.07) is 21.4. The van der Waals surface area contributed by atoms with Crippen molar-refractivity contribution in [2.45, 2.75) is 65.3 Å². The number of rotatable bonds is 13. The van der Waals surface area contributed by atoms with Crippen molar-refractivity contribution < 1.29 is 17.0 Å². The lowest BCUT2D eigenvalue weighted by molar-refractivity contribution is 0.338. The highest BCUT2D eigenvalue weighted by Crippen LogP contribution is 2.36. The van der Waals surface area contributed by atoms with Crippen molar-refractivity contribution in [3.63, 3.8) is 0 Å². The molecule has 35 heavy (non-hydrogen) atoms. The Balaban J connectivity index is 2.22. The van der Waals surface area contributed by atoms with E-state index in [9.17, 15) is 8.42 Å². The maximum atomic E-state index is 11.3. The Morgan fingerprint density at radius 1 is 0.857 bits per heavy atom. The first-order valence-electron chi connectivity index (χ1n) is 12.5. The molecule has 0 saturated heterocycles. The highest BCUT2D eigenvalue weighted by atomic mass is 32.2. The fourth-order valence-corrected chi connectivity index (χ4v) is 9.27. The molecule has 0 aromatic heterocycles. The fraction of sp³-hybridized carbons (Fsp3) is 0.448. The zero-order valence-electron chi connectivity index (χ0n) is 22.2. The Kier molecular flexibility index (Phi) is 11.2. The first kappa shape index (κ1) is 29.2. The Hall–Kier alpha value is -1.99. The van der Waals surface area contributed by atoms with E-state index in [0.717, 1.165) is 37.5 Å². The third kappa shape index (κ3) is 8.56. The molecular weight excluding hydrogens is 472 g/mol. The molecule has 2 aromatic rings. The second-order valence-corrected chi connectivity index (χ2v) is 15.9. The van der Waals surface area contributed by atoms with Crippen LogP contribution in [0.5, 0.6) is 0 Å². The molecule has 0 fully saturated rings. The van der Waals surface area contributed by atoms with Crippen LogP contribution in [0, 0.1) is 0 Å². The average Bonchev–Trinajstić information content (AvgIpc) is 2.82. The molecule has 0 aliphatic heterocycles. The Bertz CT molecular complexity index is 1030. The summed E-state index contributed by atoms with van der Waals surface area (Å²) >= 11 is 0. The molecule has 4 nitrogen and oxygen atoms in total. The molecule has 0 radical (unpaired) electrons. The molecule has 2 rings (SSSR count). The molecule has 0 atom stereocenters. The van der Waals surface area contributed by atoms with Gasteiger partial charge in [0.05, 0.1) is 19.5 Å². The van der Waals surface area contributed by atoms with Crippen LogP contribution in [0.1, 0.15) is 60.3 Å². The van der Waals surface area contributed by atoms with E-state index in [1.54, 1.807) is 0 Å². The molecule has 2 aromatic carbocycles. The SMILES string of the molecule is CC/C(=C\CO[Si](c1ccccc1)(c1ccccc1)C(C)(C)C)CC/C=C(\CC)COS(C)(=O)=O. The van der Waals surface area contributed by atoms with Crippen LogP contribution >= 0.6 is 0 Å². The van der Waals surface area contributed by atoms with Crippen molar-refractivity contribution in [1.82, 2.24) is 0 Å². The molecule has 0 saturated carbocycles. The first-order valence-corrected chi connectivity index (χ1v) is 16.2. The molecule has 0 aliphatic rings. The highest BCUT2D eigenvalue weighted by Gasteiger charge is 2.49. The van der Waals surface area contributed by atoms with Crippen molar-refractivity contribution in [2.75, 3.05) is 19.5 Å². The van der Waals surface area contributed by atoms with Gasteiger partial charge in [0.2, 0.25) is 0 Å². The van der Waals surface area contributed by atoms with Gasteiger partial charge >= 0.3 is 0 Å². The first-order chi connectivity index (χ1) is 16.5. The van der Waals surface area contributed by atoms with Crippen molar-refractivity contribution in [3.05, 3.63) is 84.0 Å². The van der Waals surface area contributed by atoms with Crippen LogP contribution in [-0.4, -0.2) is 36.2 Å². The van der Waals surface area contributed by atoms with Crippen LogP contribution in [-0.2, 0) is 18.7 Å². The van der Waals surface area contributed by atoms with Gasteiger partial charge in [-0.25, -0.2) is 0 Å². The summed E-state index contributed by atoms with van der Waals surface area (Å²) in [6.07, 6.45) is 8.95. The van der Waals surface area contributed by atoms with Crippen LogP contribution in [0.2, 0.25) is 5.04 Å². The predicted molar refractivity (Wildman–Crippen MR) is 150 cm³/mol. The van der Waals surface area contributed by atoms with Gasteiger partial charge in [0.15, 0.2) is 0 Å². The third-order valence-electron chi connectivity index (χ3n) is 6.35. The van der Waals surface area contributed by atoms with Crippen molar-refractivity contribution in [1.29, 1.82) is 0 Å². The van der Waals surface area contributed by atoms with Gasteiger partial charge in [0, 0.05) is 0 Å². The van der Waals surface area contributed by atoms with Gasteiger partial charge in [-0.15, -0.1) is 0 Å². The second-order valence-electron chi connectivity index (χ2n) is 9.91. The fourth-order valence-electron chi connectivity index (χ4n) is 4.42. The van der Waals surface area contributed by atoms with Crippen LogP contribution in [0.4, 0.5) is 0 Å². The number of benzene rings is 2. The summed E-state index contributed by atoms with van der Waals surface area (Å²) in [5.41, 5.74) is 2.35. The lowest BCUT2D eigenvalue weighted by Gasteiger charge is -2.42. The van der Waals surface area contributed by atoms with Crippen LogP contribution in [0.3, 0.4) is 0 Å². The van der Waals surface area contributed by atoms with Gasteiger partial charge in [0.25, 0.3) is 18.4 Å². The average molecular weight is 515 g/mol. The Labute approximate surface area is 214 Å². The topological polar surface area (TPSA) is 52.6 Å². The van der Waals surface area contributed by atoms with E-state index >= 15 is 0 Å². The minimum absolute atomic E-state index is 0.0473. The Morgan fingerprint density at radius 2 is 1.37 bits per heavy atom. The van der Waals surface area contributed by atoms with E-state index < -0.39 is 18.4 Å². The van der Waals surface area contributed by atoms with Crippen molar-refractivity contribution in [2.24, 2.45) is 0 Å². The molecule has 0 spiro atoms. The summed E-state index contributed by atoms with van der Waals surface area (Å²) in [5, 5.41) is 2.52. The maximum absolute atomic E-state index is 11.3. The zero-order chi connectivity index (χ0) is 26.0. The molecule has 0 bridgehead atoms. The smallest absolute Gasteiger partial charge is 0.264 e. The minimum Gasteiger partial charge on any atom is -0.404 e. The monoisotopic (exact) mass is 514 g/mol. The van der Waals surface area contributed by atoms with Crippen LogP contribution in [0.25, 0.3) is 0 Å². The molecule has 0 amide bonds. The molecular formula is C29H42O4SSi. The van der Waals surface area contributed by atoms with Gasteiger partial charge in [-0.2, -0.15) is 8.42 Å². The molecule has 0 aliphatic carbocycles. The molecule has 0 unspecified atom stereocenters. The molecule has 6 heteroatoms. The zero-order valence-corrected chi connectivity index (χ0v) is 24.0. The van der Waals surface area contributed by atoms with E-state index in [2.05, 4.69) is 101 Å². The van der Waals surface area contributed by atoms with Gasteiger partial charge in [0.1, 0.15) is 0 Å².